The first-order chi connectivity index (χ1) is 16.7. The Labute approximate surface area is 200 Å². The van der Waals surface area contributed by atoms with E-state index in [9.17, 15) is 22.8 Å². The number of para-hydroxylation sites is 1. The van der Waals surface area contributed by atoms with Crippen molar-refractivity contribution in [2.75, 3.05) is 13.7 Å². The van der Waals surface area contributed by atoms with Gasteiger partial charge in [0.25, 0.3) is 0 Å². The van der Waals surface area contributed by atoms with E-state index in [0.29, 0.717) is 29.5 Å². The molecule has 35 heavy (non-hydrogen) atoms. The Morgan fingerprint density at radius 3 is 2.49 bits per heavy atom. The Hall–Kier alpha value is -3.62. The highest BCUT2D eigenvalue weighted by molar-refractivity contribution is 5.91. The third-order valence-corrected chi connectivity index (χ3v) is 6.17. The second-order valence-corrected chi connectivity index (χ2v) is 8.45. The number of nitrogens with zero attached hydrogens (tertiary/aromatic N) is 1. The number of esters is 2. The van der Waals surface area contributed by atoms with Gasteiger partial charge in [0, 0.05) is 10.9 Å². The molecule has 0 N–H and O–H groups in total. The number of fused-ring (bicyclic) bond motifs is 1. The molecule has 1 heterocycles. The average molecular weight is 487 g/mol. The summed E-state index contributed by atoms with van der Waals surface area (Å²) in [6.07, 6.45) is -3.91. The predicted octanol–water partition coefficient (Wildman–Crippen LogP) is 5.12. The largest absolute Gasteiger partial charge is 0.489 e. The molecule has 1 unspecified atom stereocenters. The maximum Gasteiger partial charge on any atom is 0.433 e. The van der Waals surface area contributed by atoms with Gasteiger partial charge in [-0.3, -0.25) is 9.59 Å². The molecule has 6 nitrogen and oxygen atoms in total. The molecule has 0 bridgehead atoms. The van der Waals surface area contributed by atoms with E-state index in [1.165, 1.54) is 13.2 Å². The van der Waals surface area contributed by atoms with Gasteiger partial charge in [0.2, 0.25) is 0 Å². The summed E-state index contributed by atoms with van der Waals surface area (Å²) in [5.74, 6) is -0.972. The maximum atomic E-state index is 13.3. The maximum absolute atomic E-state index is 13.3. The Morgan fingerprint density at radius 1 is 1.11 bits per heavy atom. The molecule has 1 aromatic heterocycles. The number of alkyl halides is 3. The van der Waals surface area contributed by atoms with Crippen LogP contribution in [0.3, 0.4) is 0 Å². The lowest BCUT2D eigenvalue weighted by atomic mass is 9.93. The van der Waals surface area contributed by atoms with Crippen molar-refractivity contribution in [2.45, 2.75) is 32.5 Å². The Morgan fingerprint density at radius 2 is 1.83 bits per heavy atom. The van der Waals surface area contributed by atoms with Gasteiger partial charge < -0.3 is 14.2 Å². The Kier molecular flexibility index (Phi) is 6.69. The molecule has 3 aromatic rings. The topological polar surface area (TPSA) is 74.7 Å². The van der Waals surface area contributed by atoms with Crippen molar-refractivity contribution in [3.8, 4) is 5.75 Å². The highest BCUT2D eigenvalue weighted by atomic mass is 19.4. The van der Waals surface area contributed by atoms with E-state index in [-0.39, 0.29) is 18.7 Å². The lowest BCUT2D eigenvalue weighted by molar-refractivity contribution is -0.154. The fraction of sp³-hybridized carbons (Fsp3) is 0.346. The molecule has 4 rings (SSSR count). The third-order valence-electron chi connectivity index (χ3n) is 6.17. The van der Waals surface area contributed by atoms with Gasteiger partial charge in [-0.05, 0) is 49.6 Å². The van der Waals surface area contributed by atoms with Crippen molar-refractivity contribution in [1.29, 1.82) is 0 Å². The summed E-state index contributed by atoms with van der Waals surface area (Å²) in [5, 5.41) is 0.580. The first kappa shape index (κ1) is 24.5. The standard InChI is InChI=1S/C26H24F3NO5/c1-3-34-24(32)25(14-20(25)23(31)33-2)13-16-8-10-18(11-9-16)35-15-17-12-22(26(27,28)29)30-21-7-5-4-6-19(17)21/h4-12,20H,3,13-15H2,1-2H3/t20?,25-/m0/s1. The molecular formula is C26H24F3NO5. The van der Waals surface area contributed by atoms with Gasteiger partial charge in [-0.15, -0.1) is 0 Å². The molecule has 1 aliphatic carbocycles. The lowest BCUT2D eigenvalue weighted by Gasteiger charge is -2.16. The minimum atomic E-state index is -4.57. The fourth-order valence-corrected chi connectivity index (χ4v) is 4.27. The minimum Gasteiger partial charge on any atom is -0.489 e. The monoisotopic (exact) mass is 487 g/mol. The molecule has 184 valence electrons. The molecule has 1 saturated carbocycles. The number of benzene rings is 2. The summed E-state index contributed by atoms with van der Waals surface area (Å²) >= 11 is 0. The number of methoxy groups -OCH3 is 1. The van der Waals surface area contributed by atoms with Crippen molar-refractivity contribution >= 4 is 22.8 Å². The molecular weight excluding hydrogens is 463 g/mol. The number of hydrogen-bond donors (Lipinski definition) is 0. The summed E-state index contributed by atoms with van der Waals surface area (Å²) in [6, 6.07) is 14.5. The zero-order chi connectivity index (χ0) is 25.2. The summed E-state index contributed by atoms with van der Waals surface area (Å²) in [4.78, 5) is 28.3. The fourth-order valence-electron chi connectivity index (χ4n) is 4.27. The van der Waals surface area contributed by atoms with Crippen LogP contribution in [-0.2, 0) is 38.3 Å². The number of rotatable bonds is 8. The van der Waals surface area contributed by atoms with Gasteiger partial charge in [-0.1, -0.05) is 30.3 Å². The number of aromatic nitrogens is 1. The first-order valence-corrected chi connectivity index (χ1v) is 11.1. The molecule has 0 spiro atoms. The van der Waals surface area contributed by atoms with Crippen LogP contribution in [0.1, 0.15) is 30.2 Å². The average Bonchev–Trinajstić information content (AvgIpc) is 3.57. The highest BCUT2D eigenvalue weighted by Crippen LogP contribution is 2.56. The van der Waals surface area contributed by atoms with Crippen LogP contribution in [0.25, 0.3) is 10.9 Å². The summed E-state index contributed by atoms with van der Waals surface area (Å²) < 4.78 is 55.6. The second kappa shape index (κ2) is 9.56. The highest BCUT2D eigenvalue weighted by Gasteiger charge is 2.65. The summed E-state index contributed by atoms with van der Waals surface area (Å²) in [6.45, 7) is 1.83. The number of carbonyl (C=O) groups is 2. The second-order valence-electron chi connectivity index (χ2n) is 8.45. The molecule has 1 fully saturated rings. The third kappa shape index (κ3) is 5.08. The molecule has 2 aromatic carbocycles. The van der Waals surface area contributed by atoms with E-state index in [1.807, 2.05) is 0 Å². The van der Waals surface area contributed by atoms with E-state index in [2.05, 4.69) is 4.98 Å². The zero-order valence-corrected chi connectivity index (χ0v) is 19.2. The number of hydrogen-bond acceptors (Lipinski definition) is 6. The number of pyridine rings is 1. The molecule has 9 heteroatoms. The molecule has 0 aliphatic heterocycles. The molecule has 0 radical (unpaired) electrons. The van der Waals surface area contributed by atoms with E-state index in [4.69, 9.17) is 14.2 Å². The normalized spacial score (nSPS) is 19.3. The van der Waals surface area contributed by atoms with Gasteiger partial charge >= 0.3 is 18.1 Å². The van der Waals surface area contributed by atoms with Crippen LogP contribution in [0.5, 0.6) is 5.75 Å². The van der Waals surface area contributed by atoms with Crippen LogP contribution in [-0.4, -0.2) is 30.6 Å². The van der Waals surface area contributed by atoms with Gasteiger partial charge in [0.05, 0.1) is 30.6 Å². The lowest BCUT2D eigenvalue weighted by Crippen LogP contribution is -2.26. The molecule has 1 aliphatic rings. The first-order valence-electron chi connectivity index (χ1n) is 11.1. The van der Waals surface area contributed by atoms with E-state index >= 15 is 0 Å². The SMILES string of the molecule is CCOC(=O)[C@@]1(Cc2ccc(OCc3cc(C(F)(F)F)nc4ccccc34)cc2)CC1C(=O)OC. The summed E-state index contributed by atoms with van der Waals surface area (Å²) in [7, 11) is 1.28. The van der Waals surface area contributed by atoms with Crippen LogP contribution < -0.4 is 4.74 Å². The van der Waals surface area contributed by atoms with Gasteiger partial charge in [-0.2, -0.15) is 13.2 Å². The van der Waals surface area contributed by atoms with Crippen molar-refractivity contribution in [2.24, 2.45) is 11.3 Å². The van der Waals surface area contributed by atoms with E-state index in [0.717, 1.165) is 11.6 Å². The summed E-state index contributed by atoms with van der Waals surface area (Å²) in [5.41, 5.74) is -0.517. The Bertz CT molecular complexity index is 1240. The van der Waals surface area contributed by atoms with Crippen LogP contribution >= 0.6 is 0 Å². The molecule has 0 amide bonds. The van der Waals surface area contributed by atoms with Crippen LogP contribution in [0.2, 0.25) is 0 Å². The quantitative estimate of drug-likeness (QED) is 0.411. The molecule has 2 atom stereocenters. The Balaban J connectivity index is 1.49. The van der Waals surface area contributed by atoms with Crippen molar-refractivity contribution in [3.63, 3.8) is 0 Å². The number of ether oxygens (including phenoxy) is 3. The van der Waals surface area contributed by atoms with Gasteiger partial charge in [0.15, 0.2) is 0 Å². The number of halogens is 3. The van der Waals surface area contributed by atoms with Crippen molar-refractivity contribution in [3.05, 3.63) is 71.4 Å². The minimum absolute atomic E-state index is 0.0807. The van der Waals surface area contributed by atoms with Crippen LogP contribution in [0.4, 0.5) is 13.2 Å². The van der Waals surface area contributed by atoms with Gasteiger partial charge in [0.1, 0.15) is 18.1 Å². The predicted molar refractivity (Wildman–Crippen MR) is 120 cm³/mol. The van der Waals surface area contributed by atoms with Crippen molar-refractivity contribution < 1.29 is 37.0 Å². The van der Waals surface area contributed by atoms with Crippen LogP contribution in [0, 0.1) is 11.3 Å². The zero-order valence-electron chi connectivity index (χ0n) is 19.2. The van der Waals surface area contributed by atoms with Crippen LogP contribution in [0.15, 0.2) is 54.6 Å². The molecule has 0 saturated heterocycles. The van der Waals surface area contributed by atoms with E-state index < -0.39 is 35.1 Å². The smallest absolute Gasteiger partial charge is 0.433 e. The number of carbonyl (C=O) groups excluding carboxylic acids is 2. The van der Waals surface area contributed by atoms with Crippen molar-refractivity contribution in [1.82, 2.24) is 4.98 Å². The van der Waals surface area contributed by atoms with E-state index in [1.54, 1.807) is 49.4 Å². The van der Waals surface area contributed by atoms with Gasteiger partial charge in [-0.25, -0.2) is 4.98 Å².